The zero-order valence-electron chi connectivity index (χ0n) is 9.94. The van der Waals surface area contributed by atoms with Crippen LogP contribution in [0.2, 0.25) is 0 Å². The molecule has 2 aromatic carbocycles. The third kappa shape index (κ3) is 2.02. The normalized spacial score (nSPS) is 12.8. The molecule has 1 atom stereocenters. The smallest absolute Gasteiger partial charge is 0.0762 e. The second kappa shape index (κ2) is 4.14. The number of aliphatic hydroxyl groups is 1. The van der Waals surface area contributed by atoms with Crippen molar-refractivity contribution in [2.45, 2.75) is 13.0 Å². The number of nitrogens with zero attached hydrogens (tertiary/aromatic N) is 1. The molecule has 0 aliphatic carbocycles. The maximum Gasteiger partial charge on any atom is 0.0762 e. The summed E-state index contributed by atoms with van der Waals surface area (Å²) in [5.41, 5.74) is 2.16. The van der Waals surface area contributed by atoms with Crippen LogP contribution < -0.4 is 4.90 Å². The Kier molecular flexibility index (Phi) is 2.84. The molecule has 0 spiro atoms. The van der Waals surface area contributed by atoms with Crippen molar-refractivity contribution in [1.29, 1.82) is 0 Å². The van der Waals surface area contributed by atoms with E-state index in [4.69, 9.17) is 0 Å². The Hall–Kier alpha value is -1.54. The summed E-state index contributed by atoms with van der Waals surface area (Å²) < 4.78 is 0. The highest BCUT2D eigenvalue weighted by atomic mass is 16.3. The summed E-state index contributed by atoms with van der Waals surface area (Å²) in [6, 6.07) is 12.4. The van der Waals surface area contributed by atoms with E-state index >= 15 is 0 Å². The lowest BCUT2D eigenvalue weighted by atomic mass is 10.0. The molecule has 0 radical (unpaired) electrons. The molecule has 0 heterocycles. The molecule has 84 valence electrons. The second-order valence-corrected chi connectivity index (χ2v) is 4.36. The lowest BCUT2D eigenvalue weighted by Gasteiger charge is -2.13. The molecule has 0 aliphatic rings. The van der Waals surface area contributed by atoms with E-state index in [1.807, 2.05) is 26.2 Å². The standard InChI is InChI=1S/C14H17NO/c1-10(16)11-4-5-13-9-14(15(2)3)7-6-12(13)8-11/h4-10,16H,1-3H3. The van der Waals surface area contributed by atoms with Crippen LogP contribution in [0.5, 0.6) is 0 Å². The van der Waals surface area contributed by atoms with E-state index < -0.39 is 6.10 Å². The molecule has 2 rings (SSSR count). The summed E-state index contributed by atoms with van der Waals surface area (Å²) in [6.07, 6.45) is -0.405. The molecule has 1 unspecified atom stereocenters. The number of hydrogen-bond acceptors (Lipinski definition) is 2. The molecule has 0 fully saturated rings. The van der Waals surface area contributed by atoms with Gasteiger partial charge in [-0.05, 0) is 41.5 Å². The van der Waals surface area contributed by atoms with E-state index in [0.29, 0.717) is 0 Å². The van der Waals surface area contributed by atoms with Gasteiger partial charge >= 0.3 is 0 Å². The Balaban J connectivity index is 2.53. The van der Waals surface area contributed by atoms with Gasteiger partial charge in [-0.3, -0.25) is 0 Å². The third-order valence-corrected chi connectivity index (χ3v) is 2.85. The predicted molar refractivity (Wildman–Crippen MR) is 68.9 cm³/mol. The monoisotopic (exact) mass is 215 g/mol. The van der Waals surface area contributed by atoms with Crippen LogP contribution in [0.1, 0.15) is 18.6 Å². The van der Waals surface area contributed by atoms with Crippen LogP contribution in [0.3, 0.4) is 0 Å². The molecule has 1 N–H and O–H groups in total. The van der Waals surface area contributed by atoms with E-state index in [1.165, 1.54) is 16.5 Å². The average Bonchev–Trinajstić information content (AvgIpc) is 2.27. The molecule has 2 aromatic rings. The van der Waals surface area contributed by atoms with Gasteiger partial charge in [-0.25, -0.2) is 0 Å². The van der Waals surface area contributed by atoms with Crippen molar-refractivity contribution in [2.75, 3.05) is 19.0 Å². The number of aliphatic hydroxyl groups excluding tert-OH is 1. The van der Waals surface area contributed by atoms with Crippen molar-refractivity contribution < 1.29 is 5.11 Å². The Labute approximate surface area is 96.1 Å². The Morgan fingerprint density at radius 2 is 1.62 bits per heavy atom. The first-order chi connectivity index (χ1) is 7.58. The number of rotatable bonds is 2. The Morgan fingerprint density at radius 1 is 1.00 bits per heavy atom. The van der Waals surface area contributed by atoms with Crippen molar-refractivity contribution in [2.24, 2.45) is 0 Å². The second-order valence-electron chi connectivity index (χ2n) is 4.36. The molecule has 0 aromatic heterocycles. The molecular weight excluding hydrogens is 198 g/mol. The lowest BCUT2D eigenvalue weighted by Crippen LogP contribution is -2.08. The van der Waals surface area contributed by atoms with Crippen molar-refractivity contribution in [3.8, 4) is 0 Å². The van der Waals surface area contributed by atoms with Crippen LogP contribution in [0, 0.1) is 0 Å². The van der Waals surface area contributed by atoms with Crippen molar-refractivity contribution >= 4 is 16.5 Å². The van der Waals surface area contributed by atoms with Gasteiger partial charge in [0, 0.05) is 19.8 Å². The van der Waals surface area contributed by atoms with Gasteiger partial charge in [0.2, 0.25) is 0 Å². The van der Waals surface area contributed by atoms with Crippen LogP contribution >= 0.6 is 0 Å². The first-order valence-corrected chi connectivity index (χ1v) is 5.47. The van der Waals surface area contributed by atoms with Gasteiger partial charge < -0.3 is 10.0 Å². The summed E-state index contributed by atoms with van der Waals surface area (Å²) in [5, 5.41) is 11.9. The van der Waals surface area contributed by atoms with Crippen LogP contribution in [0.4, 0.5) is 5.69 Å². The predicted octanol–water partition coefficient (Wildman–Crippen LogP) is 2.96. The van der Waals surface area contributed by atoms with E-state index in [-0.39, 0.29) is 0 Å². The van der Waals surface area contributed by atoms with Crippen molar-refractivity contribution in [1.82, 2.24) is 0 Å². The van der Waals surface area contributed by atoms with Crippen molar-refractivity contribution in [3.05, 3.63) is 42.0 Å². The quantitative estimate of drug-likeness (QED) is 0.832. The first kappa shape index (κ1) is 11.0. The summed E-state index contributed by atoms with van der Waals surface area (Å²) in [4.78, 5) is 2.09. The van der Waals surface area contributed by atoms with Gasteiger partial charge in [0.05, 0.1) is 6.10 Å². The molecule has 0 aliphatic heterocycles. The van der Waals surface area contributed by atoms with Gasteiger partial charge in [0.25, 0.3) is 0 Å². The lowest BCUT2D eigenvalue weighted by molar-refractivity contribution is 0.199. The summed E-state index contributed by atoms with van der Waals surface area (Å²) in [5.74, 6) is 0. The average molecular weight is 215 g/mol. The van der Waals surface area contributed by atoms with Gasteiger partial charge in [0.15, 0.2) is 0 Å². The molecule has 0 saturated carbocycles. The molecule has 16 heavy (non-hydrogen) atoms. The minimum absolute atomic E-state index is 0.405. The fourth-order valence-corrected chi connectivity index (χ4v) is 1.79. The highest BCUT2D eigenvalue weighted by molar-refractivity contribution is 5.86. The van der Waals surface area contributed by atoms with Gasteiger partial charge in [0.1, 0.15) is 0 Å². The first-order valence-electron chi connectivity index (χ1n) is 5.47. The molecule has 2 heteroatoms. The van der Waals surface area contributed by atoms with E-state index in [2.05, 4.69) is 29.2 Å². The number of hydrogen-bond donors (Lipinski definition) is 1. The Morgan fingerprint density at radius 3 is 2.25 bits per heavy atom. The summed E-state index contributed by atoms with van der Waals surface area (Å²) >= 11 is 0. The van der Waals surface area contributed by atoms with E-state index in [0.717, 1.165) is 5.56 Å². The zero-order chi connectivity index (χ0) is 11.7. The van der Waals surface area contributed by atoms with Gasteiger partial charge in [-0.2, -0.15) is 0 Å². The largest absolute Gasteiger partial charge is 0.389 e. The highest BCUT2D eigenvalue weighted by Crippen LogP contribution is 2.24. The highest BCUT2D eigenvalue weighted by Gasteiger charge is 2.03. The minimum Gasteiger partial charge on any atom is -0.389 e. The fraction of sp³-hybridized carbons (Fsp3) is 0.286. The maximum absolute atomic E-state index is 9.52. The van der Waals surface area contributed by atoms with E-state index in [1.54, 1.807) is 6.92 Å². The Bertz CT molecular complexity index is 456. The summed E-state index contributed by atoms with van der Waals surface area (Å²) in [7, 11) is 4.07. The molecular formula is C14H17NO. The van der Waals surface area contributed by atoms with E-state index in [9.17, 15) is 5.11 Å². The number of benzene rings is 2. The van der Waals surface area contributed by atoms with Gasteiger partial charge in [-0.1, -0.05) is 18.2 Å². The van der Waals surface area contributed by atoms with Crippen molar-refractivity contribution in [3.63, 3.8) is 0 Å². The topological polar surface area (TPSA) is 23.5 Å². The summed E-state index contributed by atoms with van der Waals surface area (Å²) in [6.45, 7) is 1.79. The minimum atomic E-state index is -0.405. The van der Waals surface area contributed by atoms with Gasteiger partial charge in [-0.15, -0.1) is 0 Å². The van der Waals surface area contributed by atoms with Crippen LogP contribution in [0.25, 0.3) is 10.8 Å². The molecule has 0 bridgehead atoms. The molecule has 0 saturated heterocycles. The van der Waals surface area contributed by atoms with Crippen LogP contribution in [-0.2, 0) is 0 Å². The number of fused-ring (bicyclic) bond motifs is 1. The molecule has 0 amide bonds. The van der Waals surface area contributed by atoms with Crippen LogP contribution in [0.15, 0.2) is 36.4 Å². The molecule has 2 nitrogen and oxygen atoms in total. The van der Waals surface area contributed by atoms with Crippen LogP contribution in [-0.4, -0.2) is 19.2 Å². The zero-order valence-corrected chi connectivity index (χ0v) is 9.94. The number of anilines is 1. The third-order valence-electron chi connectivity index (χ3n) is 2.85. The fourth-order valence-electron chi connectivity index (χ4n) is 1.79. The maximum atomic E-state index is 9.52. The SMILES string of the molecule is CC(O)c1ccc2cc(N(C)C)ccc2c1.